The normalized spacial score (nSPS) is 15.4. The molecule has 2 rings (SSSR count). The third-order valence-corrected chi connectivity index (χ3v) is 3.55. The topological polar surface area (TPSA) is 52.5 Å². The fourth-order valence-electron chi connectivity index (χ4n) is 2.24. The van der Waals surface area contributed by atoms with E-state index in [9.17, 15) is 10.2 Å². The largest absolute Gasteiger partial charge is 0.393 e. The Morgan fingerprint density at radius 3 is 2.14 bits per heavy atom. The molecule has 0 aliphatic rings. The van der Waals surface area contributed by atoms with Crippen LogP contribution in [0.2, 0.25) is 0 Å². The Morgan fingerprint density at radius 2 is 1.57 bits per heavy atom. The third-order valence-electron chi connectivity index (χ3n) is 3.55. The van der Waals surface area contributed by atoms with Gasteiger partial charge in [-0.25, -0.2) is 0 Å². The summed E-state index contributed by atoms with van der Waals surface area (Å²) < 4.78 is 0. The van der Waals surface area contributed by atoms with Crippen molar-refractivity contribution in [1.82, 2.24) is 5.32 Å². The number of rotatable bonds is 7. The molecule has 0 bridgehead atoms. The Labute approximate surface area is 126 Å². The molecule has 3 nitrogen and oxygen atoms in total. The van der Waals surface area contributed by atoms with Crippen LogP contribution in [-0.2, 0) is 6.42 Å². The van der Waals surface area contributed by atoms with Crippen molar-refractivity contribution in [3.8, 4) is 0 Å². The van der Waals surface area contributed by atoms with Gasteiger partial charge >= 0.3 is 0 Å². The minimum Gasteiger partial charge on any atom is -0.393 e. The monoisotopic (exact) mass is 285 g/mol. The van der Waals surface area contributed by atoms with Crippen LogP contribution in [0.25, 0.3) is 0 Å². The lowest BCUT2D eigenvalue weighted by molar-refractivity contribution is 0.000675. The van der Waals surface area contributed by atoms with E-state index in [1.54, 1.807) is 6.92 Å². The minimum absolute atomic E-state index is 0.103. The molecule has 3 heteroatoms. The molecule has 2 aromatic carbocycles. The molecule has 2 aromatic rings. The van der Waals surface area contributed by atoms with Gasteiger partial charge in [-0.1, -0.05) is 60.7 Å². The highest BCUT2D eigenvalue weighted by Crippen LogP contribution is 2.19. The molecule has 0 spiro atoms. The van der Waals surface area contributed by atoms with Crippen LogP contribution >= 0.6 is 0 Å². The van der Waals surface area contributed by atoms with Crippen LogP contribution in [-0.4, -0.2) is 29.0 Å². The zero-order valence-electron chi connectivity index (χ0n) is 12.4. The van der Waals surface area contributed by atoms with E-state index in [2.05, 4.69) is 29.6 Å². The summed E-state index contributed by atoms with van der Waals surface area (Å²) in [5, 5.41) is 22.5. The molecule has 2 unspecified atom stereocenters. The maximum atomic E-state index is 9.97. The number of nitrogens with one attached hydrogen (secondary N) is 1. The molecule has 0 aromatic heterocycles. The SMILES string of the molecule is CC(O)(CO)CNC(Cc1ccccc1)c1ccccc1. The summed E-state index contributed by atoms with van der Waals surface area (Å²) in [6.07, 6.45) is 0.840. The van der Waals surface area contributed by atoms with Gasteiger partial charge in [-0.05, 0) is 24.5 Å². The highest BCUT2D eigenvalue weighted by molar-refractivity contribution is 5.23. The molecule has 3 N–H and O–H groups in total. The van der Waals surface area contributed by atoms with Crippen LogP contribution in [0.4, 0.5) is 0 Å². The number of hydrogen-bond donors (Lipinski definition) is 3. The highest BCUT2D eigenvalue weighted by Gasteiger charge is 2.21. The fourth-order valence-corrected chi connectivity index (χ4v) is 2.24. The molecule has 0 saturated heterocycles. The van der Waals surface area contributed by atoms with Crippen molar-refractivity contribution in [3.05, 3.63) is 71.8 Å². The molecule has 21 heavy (non-hydrogen) atoms. The Bertz CT molecular complexity index is 525. The Kier molecular flexibility index (Phi) is 5.51. The quantitative estimate of drug-likeness (QED) is 0.731. The van der Waals surface area contributed by atoms with Crippen molar-refractivity contribution in [2.45, 2.75) is 25.0 Å². The molecule has 0 fully saturated rings. The van der Waals surface area contributed by atoms with Crippen LogP contribution in [0.15, 0.2) is 60.7 Å². The zero-order valence-corrected chi connectivity index (χ0v) is 12.4. The third kappa shape index (κ3) is 4.97. The zero-order chi connectivity index (χ0) is 15.1. The first-order valence-electron chi connectivity index (χ1n) is 7.26. The first-order chi connectivity index (χ1) is 10.1. The molecular formula is C18H23NO2. The van der Waals surface area contributed by atoms with Crippen molar-refractivity contribution in [3.63, 3.8) is 0 Å². The molecule has 2 atom stereocenters. The average Bonchev–Trinajstić information content (AvgIpc) is 2.53. The second-order valence-electron chi connectivity index (χ2n) is 5.69. The van der Waals surface area contributed by atoms with E-state index in [1.807, 2.05) is 36.4 Å². The van der Waals surface area contributed by atoms with Crippen LogP contribution in [0.5, 0.6) is 0 Å². The number of aliphatic hydroxyl groups is 2. The van der Waals surface area contributed by atoms with Crippen molar-refractivity contribution in [2.24, 2.45) is 0 Å². The van der Waals surface area contributed by atoms with Gasteiger partial charge in [0, 0.05) is 12.6 Å². The van der Waals surface area contributed by atoms with E-state index < -0.39 is 5.60 Å². The Morgan fingerprint density at radius 1 is 1.00 bits per heavy atom. The predicted molar refractivity (Wildman–Crippen MR) is 85.0 cm³/mol. The summed E-state index contributed by atoms with van der Waals surface area (Å²) in [7, 11) is 0. The maximum Gasteiger partial charge on any atom is 0.0973 e. The minimum atomic E-state index is -1.11. The molecule has 0 aliphatic carbocycles. The summed E-state index contributed by atoms with van der Waals surface area (Å²) in [6, 6.07) is 20.5. The summed E-state index contributed by atoms with van der Waals surface area (Å²) in [6.45, 7) is 1.72. The molecular weight excluding hydrogens is 262 g/mol. The average molecular weight is 285 g/mol. The smallest absolute Gasteiger partial charge is 0.0973 e. The first kappa shape index (κ1) is 15.7. The van der Waals surface area contributed by atoms with E-state index in [1.165, 1.54) is 11.1 Å². The van der Waals surface area contributed by atoms with Crippen LogP contribution in [0, 0.1) is 0 Å². The van der Waals surface area contributed by atoms with Gasteiger partial charge in [-0.2, -0.15) is 0 Å². The van der Waals surface area contributed by atoms with Gasteiger partial charge in [0.2, 0.25) is 0 Å². The van der Waals surface area contributed by atoms with Crippen molar-refractivity contribution >= 4 is 0 Å². The standard InChI is InChI=1S/C18H23NO2/c1-18(21,14-20)13-19-17(16-10-6-3-7-11-16)12-15-8-4-2-5-9-15/h2-11,17,19-21H,12-14H2,1H3. The van der Waals surface area contributed by atoms with Gasteiger partial charge in [0.1, 0.15) is 0 Å². The van der Waals surface area contributed by atoms with Crippen LogP contribution in [0.3, 0.4) is 0 Å². The number of benzene rings is 2. The molecule has 0 amide bonds. The summed E-state index contributed by atoms with van der Waals surface area (Å²) in [5.41, 5.74) is 1.31. The summed E-state index contributed by atoms with van der Waals surface area (Å²) in [4.78, 5) is 0. The number of hydrogen-bond acceptors (Lipinski definition) is 3. The van der Waals surface area contributed by atoms with Crippen molar-refractivity contribution < 1.29 is 10.2 Å². The van der Waals surface area contributed by atoms with Crippen LogP contribution < -0.4 is 5.32 Å². The molecule has 0 saturated carbocycles. The second-order valence-corrected chi connectivity index (χ2v) is 5.69. The molecule has 0 heterocycles. The Hall–Kier alpha value is -1.68. The lowest BCUT2D eigenvalue weighted by Gasteiger charge is -2.26. The lowest BCUT2D eigenvalue weighted by Crippen LogP contribution is -2.42. The van der Waals surface area contributed by atoms with Crippen LogP contribution in [0.1, 0.15) is 24.1 Å². The van der Waals surface area contributed by atoms with Gasteiger partial charge in [0.05, 0.1) is 12.2 Å². The fraction of sp³-hybridized carbons (Fsp3) is 0.333. The maximum absolute atomic E-state index is 9.97. The number of aliphatic hydroxyl groups excluding tert-OH is 1. The molecule has 0 aliphatic heterocycles. The van der Waals surface area contributed by atoms with Crippen molar-refractivity contribution in [1.29, 1.82) is 0 Å². The van der Waals surface area contributed by atoms with E-state index in [-0.39, 0.29) is 12.6 Å². The van der Waals surface area contributed by atoms with Gasteiger partial charge in [0.15, 0.2) is 0 Å². The summed E-state index contributed by atoms with van der Waals surface area (Å²) in [5.74, 6) is 0. The van der Waals surface area contributed by atoms with Gasteiger partial charge in [-0.15, -0.1) is 0 Å². The molecule has 0 radical (unpaired) electrons. The van der Waals surface area contributed by atoms with Gasteiger partial charge in [0.25, 0.3) is 0 Å². The second kappa shape index (κ2) is 7.36. The van der Waals surface area contributed by atoms with E-state index in [4.69, 9.17) is 0 Å². The van der Waals surface area contributed by atoms with Crippen molar-refractivity contribution in [2.75, 3.05) is 13.2 Å². The van der Waals surface area contributed by atoms with Gasteiger partial charge < -0.3 is 15.5 Å². The van der Waals surface area contributed by atoms with E-state index >= 15 is 0 Å². The Balaban J connectivity index is 2.11. The van der Waals surface area contributed by atoms with Gasteiger partial charge in [-0.3, -0.25) is 0 Å². The summed E-state index contributed by atoms with van der Waals surface area (Å²) >= 11 is 0. The molecule has 112 valence electrons. The first-order valence-corrected chi connectivity index (χ1v) is 7.26. The van der Waals surface area contributed by atoms with E-state index in [0.29, 0.717) is 6.54 Å². The predicted octanol–water partition coefficient (Wildman–Crippen LogP) is 2.30. The van der Waals surface area contributed by atoms with E-state index in [0.717, 1.165) is 6.42 Å². The highest BCUT2D eigenvalue weighted by atomic mass is 16.3. The lowest BCUT2D eigenvalue weighted by atomic mass is 9.98.